The molecule has 6 nitrogen and oxygen atoms in total. The molecule has 4 unspecified atom stereocenters. The number of urea groups is 1. The molecule has 2 aliphatic heterocycles. The maximum atomic E-state index is 12.7. The second-order valence-corrected chi connectivity index (χ2v) is 6.47. The van der Waals surface area contributed by atoms with Crippen LogP contribution in [-0.4, -0.2) is 60.0 Å². The maximum absolute atomic E-state index is 12.7. The van der Waals surface area contributed by atoms with Crippen molar-refractivity contribution in [3.05, 3.63) is 0 Å². The van der Waals surface area contributed by atoms with E-state index in [-0.39, 0.29) is 29.9 Å². The van der Waals surface area contributed by atoms with Gasteiger partial charge in [-0.1, -0.05) is 6.92 Å². The van der Waals surface area contributed by atoms with Gasteiger partial charge in [-0.3, -0.25) is 4.79 Å². The molecule has 3 rings (SSSR count). The molecule has 0 bridgehead atoms. The molecule has 4 atom stereocenters. The van der Waals surface area contributed by atoms with Crippen molar-refractivity contribution in [3.63, 3.8) is 0 Å². The summed E-state index contributed by atoms with van der Waals surface area (Å²) in [5.74, 6) is 0.752. The summed E-state index contributed by atoms with van der Waals surface area (Å²) in [6, 6.07) is 0.419. The largest absolute Gasteiger partial charge is 0.339 e. The molecule has 1 aliphatic carbocycles. The molecule has 0 aromatic rings. The Kier molecular flexibility index (Phi) is 3.58. The van der Waals surface area contributed by atoms with Crippen molar-refractivity contribution < 1.29 is 9.59 Å². The first-order chi connectivity index (χ1) is 9.56. The van der Waals surface area contributed by atoms with Crippen LogP contribution in [0.25, 0.3) is 0 Å². The zero-order chi connectivity index (χ0) is 14.3. The van der Waals surface area contributed by atoms with Crippen LogP contribution in [0.5, 0.6) is 0 Å². The molecule has 20 heavy (non-hydrogen) atoms. The van der Waals surface area contributed by atoms with Crippen LogP contribution in [0.15, 0.2) is 0 Å². The van der Waals surface area contributed by atoms with Crippen molar-refractivity contribution in [2.45, 2.75) is 38.3 Å². The summed E-state index contributed by atoms with van der Waals surface area (Å²) in [5.41, 5.74) is 5.97. The minimum atomic E-state index is 0.0131. The van der Waals surface area contributed by atoms with Crippen molar-refractivity contribution in [1.82, 2.24) is 15.1 Å². The number of piperazine rings is 1. The Hall–Kier alpha value is -1.30. The van der Waals surface area contributed by atoms with E-state index in [1.165, 1.54) is 0 Å². The highest BCUT2D eigenvalue weighted by atomic mass is 16.2. The zero-order valence-corrected chi connectivity index (χ0v) is 12.0. The summed E-state index contributed by atoms with van der Waals surface area (Å²) in [5, 5.41) is 2.85. The predicted octanol–water partition coefficient (Wildman–Crippen LogP) is -0.0141. The van der Waals surface area contributed by atoms with E-state index in [9.17, 15) is 9.59 Å². The summed E-state index contributed by atoms with van der Waals surface area (Å²) < 4.78 is 0. The number of hydrogen-bond donors (Lipinski definition) is 2. The van der Waals surface area contributed by atoms with Gasteiger partial charge in [-0.05, 0) is 25.2 Å². The van der Waals surface area contributed by atoms with Crippen molar-refractivity contribution in [1.29, 1.82) is 0 Å². The number of hydrogen-bond acceptors (Lipinski definition) is 3. The van der Waals surface area contributed by atoms with Crippen molar-refractivity contribution in [2.24, 2.45) is 17.6 Å². The highest BCUT2D eigenvalue weighted by Gasteiger charge is 2.40. The summed E-state index contributed by atoms with van der Waals surface area (Å²) in [4.78, 5) is 28.1. The van der Waals surface area contributed by atoms with Crippen LogP contribution in [0.1, 0.15) is 26.2 Å². The smallest absolute Gasteiger partial charge is 0.317 e. The fourth-order valence-corrected chi connectivity index (χ4v) is 3.84. The minimum Gasteiger partial charge on any atom is -0.339 e. The lowest BCUT2D eigenvalue weighted by molar-refractivity contribution is -0.140. The van der Waals surface area contributed by atoms with E-state index in [1.54, 1.807) is 0 Å². The molecule has 3 aliphatic rings. The van der Waals surface area contributed by atoms with Gasteiger partial charge in [0, 0.05) is 38.1 Å². The number of fused-ring (bicyclic) bond motifs is 1. The first-order valence-electron chi connectivity index (χ1n) is 7.65. The fraction of sp³-hybridized carbons (Fsp3) is 0.857. The predicted molar refractivity (Wildman–Crippen MR) is 75.0 cm³/mol. The van der Waals surface area contributed by atoms with Crippen molar-refractivity contribution in [2.75, 3.05) is 26.2 Å². The molecule has 3 fully saturated rings. The molecular weight excluding hydrogens is 256 g/mol. The second-order valence-electron chi connectivity index (χ2n) is 6.47. The van der Waals surface area contributed by atoms with E-state index < -0.39 is 0 Å². The van der Waals surface area contributed by atoms with E-state index in [0.717, 1.165) is 19.3 Å². The molecule has 112 valence electrons. The standard InChI is InChI=1S/C14H24N4O2/c1-9-6-10(15)2-3-12(9)13(19)17-4-5-18-11(8-17)7-16-14(18)20/h9-12H,2-8,15H2,1H3,(H,16,20). The lowest BCUT2D eigenvalue weighted by Crippen LogP contribution is -2.55. The van der Waals surface area contributed by atoms with E-state index in [1.807, 2.05) is 9.80 Å². The van der Waals surface area contributed by atoms with E-state index in [0.29, 0.717) is 32.1 Å². The van der Waals surface area contributed by atoms with Gasteiger partial charge in [-0.2, -0.15) is 0 Å². The van der Waals surface area contributed by atoms with Crippen LogP contribution in [0, 0.1) is 11.8 Å². The van der Waals surface area contributed by atoms with Gasteiger partial charge < -0.3 is 20.9 Å². The molecular formula is C14H24N4O2. The number of nitrogens with zero attached hydrogens (tertiary/aromatic N) is 2. The van der Waals surface area contributed by atoms with Gasteiger partial charge in [0.2, 0.25) is 5.91 Å². The van der Waals surface area contributed by atoms with Crippen LogP contribution < -0.4 is 11.1 Å². The van der Waals surface area contributed by atoms with E-state index in [2.05, 4.69) is 12.2 Å². The summed E-state index contributed by atoms with van der Waals surface area (Å²) in [6.45, 7) is 4.79. The molecule has 6 heteroatoms. The van der Waals surface area contributed by atoms with Crippen LogP contribution in [0.4, 0.5) is 4.79 Å². The van der Waals surface area contributed by atoms with Gasteiger partial charge in [0.15, 0.2) is 0 Å². The highest BCUT2D eigenvalue weighted by molar-refractivity contribution is 5.81. The Morgan fingerprint density at radius 1 is 1.35 bits per heavy atom. The number of carbonyl (C=O) groups is 2. The zero-order valence-electron chi connectivity index (χ0n) is 12.0. The minimum absolute atomic E-state index is 0.0131. The monoisotopic (exact) mass is 280 g/mol. The Morgan fingerprint density at radius 2 is 2.15 bits per heavy atom. The van der Waals surface area contributed by atoms with Gasteiger partial charge in [-0.25, -0.2) is 4.79 Å². The van der Waals surface area contributed by atoms with Crippen molar-refractivity contribution in [3.8, 4) is 0 Å². The molecule has 2 saturated heterocycles. The molecule has 3 N–H and O–H groups in total. The normalized spacial score (nSPS) is 37.6. The van der Waals surface area contributed by atoms with Gasteiger partial charge in [0.05, 0.1) is 6.04 Å². The third kappa shape index (κ3) is 2.37. The average Bonchev–Trinajstić information content (AvgIpc) is 2.79. The molecule has 1 saturated carbocycles. The topological polar surface area (TPSA) is 78.7 Å². The Morgan fingerprint density at radius 3 is 2.90 bits per heavy atom. The number of carbonyl (C=O) groups excluding carboxylic acids is 2. The molecule has 3 amide bonds. The van der Waals surface area contributed by atoms with Gasteiger partial charge in [-0.15, -0.1) is 0 Å². The summed E-state index contributed by atoms with van der Waals surface area (Å²) in [7, 11) is 0. The van der Waals surface area contributed by atoms with Crippen molar-refractivity contribution >= 4 is 11.9 Å². The summed E-state index contributed by atoms with van der Waals surface area (Å²) in [6.07, 6.45) is 2.80. The third-order valence-corrected chi connectivity index (χ3v) is 5.07. The molecule has 0 spiro atoms. The van der Waals surface area contributed by atoms with Gasteiger partial charge in [0.1, 0.15) is 0 Å². The Bertz CT molecular complexity index is 414. The molecule has 2 heterocycles. The SMILES string of the molecule is CC1CC(N)CCC1C(=O)N1CCN2C(=O)NCC2C1. The molecule has 0 aromatic carbocycles. The Balaban J connectivity index is 1.62. The Labute approximate surface area is 119 Å². The van der Waals surface area contributed by atoms with E-state index >= 15 is 0 Å². The van der Waals surface area contributed by atoms with E-state index in [4.69, 9.17) is 5.73 Å². The first kappa shape index (κ1) is 13.7. The molecule has 0 radical (unpaired) electrons. The molecule has 0 aromatic heterocycles. The fourth-order valence-electron chi connectivity index (χ4n) is 3.84. The number of amides is 3. The first-order valence-corrected chi connectivity index (χ1v) is 7.65. The van der Waals surface area contributed by atoms with Gasteiger partial charge >= 0.3 is 6.03 Å². The van der Waals surface area contributed by atoms with Gasteiger partial charge in [0.25, 0.3) is 0 Å². The average molecular weight is 280 g/mol. The second kappa shape index (κ2) is 5.24. The lowest BCUT2D eigenvalue weighted by Gasteiger charge is -2.40. The highest BCUT2D eigenvalue weighted by Crippen LogP contribution is 2.31. The number of rotatable bonds is 1. The van der Waals surface area contributed by atoms with Crippen LogP contribution >= 0.6 is 0 Å². The number of nitrogens with one attached hydrogen (secondary N) is 1. The van der Waals surface area contributed by atoms with Crippen LogP contribution in [0.2, 0.25) is 0 Å². The maximum Gasteiger partial charge on any atom is 0.317 e. The lowest BCUT2D eigenvalue weighted by atomic mass is 9.77. The number of nitrogens with two attached hydrogens (primary N) is 1. The summed E-state index contributed by atoms with van der Waals surface area (Å²) >= 11 is 0. The van der Waals surface area contributed by atoms with Crippen LogP contribution in [0.3, 0.4) is 0 Å². The van der Waals surface area contributed by atoms with Crippen LogP contribution in [-0.2, 0) is 4.79 Å². The third-order valence-electron chi connectivity index (χ3n) is 5.07. The quantitative estimate of drug-likeness (QED) is 0.709.